The van der Waals surface area contributed by atoms with Crippen LogP contribution in [0.3, 0.4) is 0 Å². The van der Waals surface area contributed by atoms with Crippen molar-refractivity contribution in [1.82, 2.24) is 0 Å². The number of hydrogen-bond donors (Lipinski definition) is 1. The lowest BCUT2D eigenvalue weighted by atomic mass is 9.97. The number of benzene rings is 1. The molecule has 118 valence electrons. The molecule has 1 aromatic carbocycles. The van der Waals surface area contributed by atoms with Crippen LogP contribution in [0.1, 0.15) is 76.2 Å². The molecule has 1 N–H and O–H groups in total. The summed E-state index contributed by atoms with van der Waals surface area (Å²) in [5, 5.41) is 4.59. The molecule has 21 heavy (non-hydrogen) atoms. The highest BCUT2D eigenvalue weighted by molar-refractivity contribution is 6.31. The maximum absolute atomic E-state index is 6.24. The average Bonchev–Trinajstić information content (AvgIpc) is 2.46. The van der Waals surface area contributed by atoms with Crippen LogP contribution in [0, 0.1) is 6.92 Å². The smallest absolute Gasteiger partial charge is 0.0455 e. The third-order valence-corrected chi connectivity index (χ3v) is 5.05. The van der Waals surface area contributed by atoms with Crippen molar-refractivity contribution in [1.29, 1.82) is 0 Å². The second-order valence-electron chi connectivity index (χ2n) is 6.56. The molecule has 0 unspecified atom stereocenters. The Kier molecular flexibility index (Phi) is 7.43. The molecule has 1 fully saturated rings. The van der Waals surface area contributed by atoms with E-state index in [0.717, 1.165) is 10.6 Å². The van der Waals surface area contributed by atoms with E-state index in [-0.39, 0.29) is 0 Å². The predicted molar refractivity (Wildman–Crippen MR) is 94.4 cm³/mol. The molecule has 2 rings (SSSR count). The highest BCUT2D eigenvalue weighted by Crippen LogP contribution is 2.23. The van der Waals surface area contributed by atoms with E-state index >= 15 is 0 Å². The largest absolute Gasteiger partial charge is 0.382 e. The van der Waals surface area contributed by atoms with E-state index in [9.17, 15) is 0 Å². The first-order chi connectivity index (χ1) is 10.3. The van der Waals surface area contributed by atoms with E-state index in [4.69, 9.17) is 11.6 Å². The quantitative estimate of drug-likeness (QED) is 0.638. The summed E-state index contributed by atoms with van der Waals surface area (Å²) < 4.78 is 0. The standard InChI is InChI=1S/C19H30ClN/c1-16-13-14-18(15-19(16)20)21-17-11-9-7-5-3-2-4-6-8-10-12-17/h13-15,17,21H,2-12H2,1H3. The molecule has 0 saturated heterocycles. The highest BCUT2D eigenvalue weighted by atomic mass is 35.5. The van der Waals surface area contributed by atoms with E-state index in [0.29, 0.717) is 6.04 Å². The zero-order chi connectivity index (χ0) is 14.9. The minimum absolute atomic E-state index is 0.614. The first-order valence-corrected chi connectivity index (χ1v) is 9.16. The van der Waals surface area contributed by atoms with Gasteiger partial charge in [-0.1, -0.05) is 75.5 Å². The SMILES string of the molecule is Cc1ccc(NC2CCCCCCCCCCC2)cc1Cl. The number of aryl methyl sites for hydroxylation is 1. The van der Waals surface area contributed by atoms with Crippen molar-refractivity contribution in [3.05, 3.63) is 28.8 Å². The Morgan fingerprint density at radius 3 is 1.90 bits per heavy atom. The molecule has 0 atom stereocenters. The Hall–Kier alpha value is -0.690. The fraction of sp³-hybridized carbons (Fsp3) is 0.684. The number of nitrogens with one attached hydrogen (secondary N) is 1. The Bertz CT molecular complexity index is 404. The van der Waals surface area contributed by atoms with E-state index in [1.807, 2.05) is 0 Å². The van der Waals surface area contributed by atoms with Crippen molar-refractivity contribution in [2.24, 2.45) is 0 Å². The summed E-state index contributed by atoms with van der Waals surface area (Å²) in [7, 11) is 0. The van der Waals surface area contributed by atoms with Gasteiger partial charge in [-0.2, -0.15) is 0 Å². The number of halogens is 1. The van der Waals surface area contributed by atoms with E-state index < -0.39 is 0 Å². The number of rotatable bonds is 2. The first kappa shape index (κ1) is 16.7. The first-order valence-electron chi connectivity index (χ1n) is 8.78. The summed E-state index contributed by atoms with van der Waals surface area (Å²) >= 11 is 6.24. The van der Waals surface area contributed by atoms with Gasteiger partial charge in [0.25, 0.3) is 0 Å². The topological polar surface area (TPSA) is 12.0 Å². The molecule has 1 aromatic rings. The van der Waals surface area contributed by atoms with Gasteiger partial charge in [0.15, 0.2) is 0 Å². The summed E-state index contributed by atoms with van der Waals surface area (Å²) in [6.07, 6.45) is 15.3. The van der Waals surface area contributed by atoms with E-state index in [1.165, 1.54) is 76.3 Å². The molecule has 0 aliphatic heterocycles. The van der Waals surface area contributed by atoms with Crippen LogP contribution in [-0.2, 0) is 0 Å². The average molecular weight is 308 g/mol. The minimum Gasteiger partial charge on any atom is -0.382 e. The van der Waals surface area contributed by atoms with Crippen LogP contribution < -0.4 is 5.32 Å². The van der Waals surface area contributed by atoms with Crippen LogP contribution in [0.2, 0.25) is 5.02 Å². The second kappa shape index (κ2) is 9.35. The molecular weight excluding hydrogens is 278 g/mol. The van der Waals surface area contributed by atoms with Gasteiger partial charge in [0, 0.05) is 16.8 Å². The number of hydrogen-bond acceptors (Lipinski definition) is 1. The lowest BCUT2D eigenvalue weighted by Gasteiger charge is -2.21. The van der Waals surface area contributed by atoms with E-state index in [1.54, 1.807) is 0 Å². The molecule has 1 saturated carbocycles. The Balaban J connectivity index is 1.88. The Morgan fingerprint density at radius 1 is 0.857 bits per heavy atom. The maximum Gasteiger partial charge on any atom is 0.0455 e. The van der Waals surface area contributed by atoms with Crippen LogP contribution in [0.5, 0.6) is 0 Å². The summed E-state index contributed by atoms with van der Waals surface area (Å²) in [6, 6.07) is 6.97. The summed E-state index contributed by atoms with van der Waals surface area (Å²) in [5.41, 5.74) is 2.34. The summed E-state index contributed by atoms with van der Waals surface area (Å²) in [6.45, 7) is 2.06. The summed E-state index contributed by atoms with van der Waals surface area (Å²) in [4.78, 5) is 0. The molecule has 1 aliphatic carbocycles. The van der Waals surface area contributed by atoms with E-state index in [2.05, 4.69) is 30.4 Å². The molecule has 1 aliphatic rings. The van der Waals surface area contributed by atoms with Crippen molar-refractivity contribution in [2.45, 2.75) is 83.6 Å². The van der Waals surface area contributed by atoms with Gasteiger partial charge in [-0.3, -0.25) is 0 Å². The molecule has 0 heterocycles. The third kappa shape index (κ3) is 6.30. The molecule has 0 spiro atoms. The van der Waals surface area contributed by atoms with Crippen molar-refractivity contribution in [2.75, 3.05) is 5.32 Å². The molecular formula is C19H30ClN. The van der Waals surface area contributed by atoms with Crippen molar-refractivity contribution in [3.8, 4) is 0 Å². The van der Waals surface area contributed by atoms with Crippen LogP contribution in [0.25, 0.3) is 0 Å². The molecule has 2 heteroatoms. The maximum atomic E-state index is 6.24. The number of anilines is 1. The normalized spacial score (nSPS) is 19.5. The van der Waals surface area contributed by atoms with Gasteiger partial charge in [0.1, 0.15) is 0 Å². The Morgan fingerprint density at radius 2 is 1.38 bits per heavy atom. The lowest BCUT2D eigenvalue weighted by molar-refractivity contribution is 0.480. The fourth-order valence-corrected chi connectivity index (χ4v) is 3.41. The van der Waals surface area contributed by atoms with Gasteiger partial charge < -0.3 is 5.32 Å². The second-order valence-corrected chi connectivity index (χ2v) is 6.97. The van der Waals surface area contributed by atoms with Crippen LogP contribution in [0.15, 0.2) is 18.2 Å². The molecule has 0 aromatic heterocycles. The lowest BCUT2D eigenvalue weighted by Crippen LogP contribution is -2.19. The van der Waals surface area contributed by atoms with Gasteiger partial charge >= 0.3 is 0 Å². The monoisotopic (exact) mass is 307 g/mol. The zero-order valence-corrected chi connectivity index (χ0v) is 14.2. The molecule has 0 amide bonds. The fourth-order valence-electron chi connectivity index (χ4n) is 3.23. The summed E-state index contributed by atoms with van der Waals surface area (Å²) in [5.74, 6) is 0. The van der Waals surface area contributed by atoms with Gasteiger partial charge in [-0.05, 0) is 37.5 Å². The molecule has 0 bridgehead atoms. The third-order valence-electron chi connectivity index (χ3n) is 4.65. The zero-order valence-electron chi connectivity index (χ0n) is 13.5. The van der Waals surface area contributed by atoms with Gasteiger partial charge in [-0.15, -0.1) is 0 Å². The van der Waals surface area contributed by atoms with Crippen LogP contribution in [-0.4, -0.2) is 6.04 Å². The van der Waals surface area contributed by atoms with Crippen molar-refractivity contribution in [3.63, 3.8) is 0 Å². The van der Waals surface area contributed by atoms with Crippen LogP contribution >= 0.6 is 11.6 Å². The molecule has 0 radical (unpaired) electrons. The van der Waals surface area contributed by atoms with Gasteiger partial charge in [0.2, 0.25) is 0 Å². The van der Waals surface area contributed by atoms with Gasteiger partial charge in [-0.25, -0.2) is 0 Å². The van der Waals surface area contributed by atoms with Crippen LogP contribution in [0.4, 0.5) is 5.69 Å². The van der Waals surface area contributed by atoms with Crippen molar-refractivity contribution >= 4 is 17.3 Å². The van der Waals surface area contributed by atoms with Crippen molar-refractivity contribution < 1.29 is 0 Å². The Labute approximate surface area is 135 Å². The van der Waals surface area contributed by atoms with Gasteiger partial charge in [0.05, 0.1) is 0 Å². The molecule has 1 nitrogen and oxygen atoms in total. The predicted octanol–water partition coefficient (Wildman–Crippen LogP) is 6.73. The minimum atomic E-state index is 0.614. The highest BCUT2D eigenvalue weighted by Gasteiger charge is 2.10.